The van der Waals surface area contributed by atoms with Gasteiger partial charge in [0.25, 0.3) is 0 Å². The topological polar surface area (TPSA) is 48.1 Å². The lowest BCUT2D eigenvalue weighted by Gasteiger charge is -2.05. The zero-order valence-corrected chi connectivity index (χ0v) is 11.5. The fourth-order valence-electron chi connectivity index (χ4n) is 1.28. The lowest BCUT2D eigenvalue weighted by atomic mass is 10.2. The molecular weight excluding hydrogens is 312 g/mol. The summed E-state index contributed by atoms with van der Waals surface area (Å²) in [7, 11) is 1.61. The fourth-order valence-corrected chi connectivity index (χ4v) is 2.73. The van der Waals surface area contributed by atoms with E-state index in [2.05, 4.69) is 20.9 Å². The van der Waals surface area contributed by atoms with E-state index in [1.54, 1.807) is 13.2 Å². The van der Waals surface area contributed by atoms with Crippen LogP contribution in [0.3, 0.4) is 0 Å². The molecule has 2 rings (SSSR count). The van der Waals surface area contributed by atoms with Crippen LogP contribution >= 0.6 is 38.9 Å². The third-order valence-corrected chi connectivity index (χ3v) is 4.02. The van der Waals surface area contributed by atoms with E-state index in [0.717, 1.165) is 20.1 Å². The Morgan fingerprint density at radius 2 is 2.25 bits per heavy atom. The van der Waals surface area contributed by atoms with Crippen LogP contribution in [0.25, 0.3) is 10.6 Å². The molecule has 0 bridgehead atoms. The maximum Gasteiger partial charge on any atom is 0.149 e. The number of ether oxygens (including phenoxy) is 1. The van der Waals surface area contributed by atoms with Gasteiger partial charge in [-0.05, 0) is 34.1 Å². The first-order valence-corrected chi connectivity index (χ1v) is 6.36. The molecule has 1 heterocycles. The molecular formula is C10H8BrClN2OS. The van der Waals surface area contributed by atoms with E-state index >= 15 is 0 Å². The number of aromatic nitrogens is 1. The average Bonchev–Trinajstić information content (AvgIpc) is 2.59. The number of halogens is 2. The molecule has 0 saturated carbocycles. The van der Waals surface area contributed by atoms with Crippen LogP contribution < -0.4 is 10.5 Å². The van der Waals surface area contributed by atoms with Crippen molar-refractivity contribution in [2.45, 2.75) is 0 Å². The van der Waals surface area contributed by atoms with Crippen molar-refractivity contribution in [3.63, 3.8) is 0 Å². The molecule has 1 aromatic heterocycles. The largest absolute Gasteiger partial charge is 0.496 e. The van der Waals surface area contributed by atoms with Crippen LogP contribution in [0.15, 0.2) is 22.0 Å². The molecule has 0 aliphatic carbocycles. The lowest BCUT2D eigenvalue weighted by Crippen LogP contribution is -1.88. The Morgan fingerprint density at radius 3 is 2.81 bits per heavy atom. The van der Waals surface area contributed by atoms with Crippen LogP contribution in [0.4, 0.5) is 5.82 Å². The molecule has 2 N–H and O–H groups in total. The summed E-state index contributed by atoms with van der Waals surface area (Å²) >= 11 is 10.7. The highest BCUT2D eigenvalue weighted by molar-refractivity contribution is 9.11. The van der Waals surface area contributed by atoms with Gasteiger partial charge in [0.2, 0.25) is 0 Å². The van der Waals surface area contributed by atoms with Crippen molar-refractivity contribution in [2.24, 2.45) is 0 Å². The molecule has 0 fully saturated rings. The first-order chi connectivity index (χ1) is 7.61. The molecule has 0 aliphatic heterocycles. The number of rotatable bonds is 2. The molecule has 0 unspecified atom stereocenters. The molecule has 0 amide bonds. The molecule has 0 radical (unpaired) electrons. The normalized spacial score (nSPS) is 10.4. The second-order valence-electron chi connectivity index (χ2n) is 3.02. The molecule has 3 nitrogen and oxygen atoms in total. The highest BCUT2D eigenvalue weighted by Gasteiger charge is 2.13. The van der Waals surface area contributed by atoms with Crippen LogP contribution in [0, 0.1) is 0 Å². The van der Waals surface area contributed by atoms with E-state index in [-0.39, 0.29) is 0 Å². The Bertz CT molecular complexity index is 510. The van der Waals surface area contributed by atoms with Crippen LogP contribution in [0.1, 0.15) is 0 Å². The highest BCUT2D eigenvalue weighted by Crippen LogP contribution is 2.38. The van der Waals surface area contributed by atoms with Gasteiger partial charge in [-0.1, -0.05) is 11.6 Å². The molecule has 0 aliphatic rings. The molecule has 16 heavy (non-hydrogen) atoms. The van der Waals surface area contributed by atoms with Gasteiger partial charge in [0.15, 0.2) is 0 Å². The number of hydrogen-bond acceptors (Lipinski definition) is 4. The van der Waals surface area contributed by atoms with Crippen molar-refractivity contribution in [1.29, 1.82) is 0 Å². The average molecular weight is 320 g/mol. The molecule has 0 atom stereocenters. The summed E-state index contributed by atoms with van der Waals surface area (Å²) in [5, 5.41) is 1.42. The van der Waals surface area contributed by atoms with Crippen LogP contribution in [-0.4, -0.2) is 12.1 Å². The maximum absolute atomic E-state index is 5.95. The fraction of sp³-hybridized carbons (Fsp3) is 0.100. The minimum atomic E-state index is 0.474. The van der Waals surface area contributed by atoms with E-state index in [4.69, 9.17) is 22.1 Å². The van der Waals surface area contributed by atoms with Crippen molar-refractivity contribution < 1.29 is 4.74 Å². The molecule has 84 valence electrons. The van der Waals surface area contributed by atoms with Crippen LogP contribution in [0.5, 0.6) is 5.75 Å². The van der Waals surface area contributed by atoms with Gasteiger partial charge in [-0.2, -0.15) is 0 Å². The molecule has 0 saturated heterocycles. The summed E-state index contributed by atoms with van der Waals surface area (Å²) in [6, 6.07) is 5.39. The monoisotopic (exact) mass is 318 g/mol. The molecule has 2 aromatic rings. The quantitative estimate of drug-likeness (QED) is 0.915. The second kappa shape index (κ2) is 4.61. The number of hydrogen-bond donors (Lipinski definition) is 1. The molecule has 6 heteroatoms. The smallest absolute Gasteiger partial charge is 0.149 e. The Balaban J connectivity index is 2.57. The highest BCUT2D eigenvalue weighted by atomic mass is 79.9. The first kappa shape index (κ1) is 11.7. The minimum Gasteiger partial charge on any atom is -0.496 e. The van der Waals surface area contributed by atoms with Gasteiger partial charge in [0.1, 0.15) is 20.4 Å². The molecule has 0 spiro atoms. The summed E-state index contributed by atoms with van der Waals surface area (Å²) in [5.41, 5.74) is 6.53. The zero-order chi connectivity index (χ0) is 11.7. The van der Waals surface area contributed by atoms with E-state index < -0.39 is 0 Å². The predicted molar refractivity (Wildman–Crippen MR) is 71.2 cm³/mol. The van der Waals surface area contributed by atoms with Gasteiger partial charge < -0.3 is 10.5 Å². The van der Waals surface area contributed by atoms with Gasteiger partial charge in [-0.15, -0.1) is 11.3 Å². The minimum absolute atomic E-state index is 0.474. The first-order valence-electron chi connectivity index (χ1n) is 4.37. The Kier molecular flexibility index (Phi) is 3.37. The summed E-state index contributed by atoms with van der Waals surface area (Å²) in [4.78, 5) is 4.24. The van der Waals surface area contributed by atoms with Gasteiger partial charge in [-0.3, -0.25) is 0 Å². The van der Waals surface area contributed by atoms with E-state index in [9.17, 15) is 0 Å². The third kappa shape index (κ3) is 2.16. The van der Waals surface area contributed by atoms with Crippen molar-refractivity contribution in [3.8, 4) is 16.3 Å². The number of benzene rings is 1. The zero-order valence-electron chi connectivity index (χ0n) is 8.33. The van der Waals surface area contributed by atoms with Gasteiger partial charge in [0.05, 0.1) is 12.7 Å². The van der Waals surface area contributed by atoms with Crippen molar-refractivity contribution in [1.82, 2.24) is 4.98 Å². The third-order valence-electron chi connectivity index (χ3n) is 2.00. The number of nitrogens with two attached hydrogens (primary N) is 1. The Morgan fingerprint density at radius 1 is 1.50 bits per heavy atom. The van der Waals surface area contributed by atoms with Crippen LogP contribution in [0.2, 0.25) is 5.02 Å². The number of nitrogen functional groups attached to an aromatic ring is 1. The maximum atomic E-state index is 5.95. The van der Waals surface area contributed by atoms with E-state index in [0.29, 0.717) is 10.8 Å². The summed E-state index contributed by atoms with van der Waals surface area (Å²) in [6.45, 7) is 0. The Hall–Kier alpha value is -0.780. The lowest BCUT2D eigenvalue weighted by molar-refractivity contribution is 0.416. The van der Waals surface area contributed by atoms with E-state index in [1.807, 2.05) is 12.1 Å². The van der Waals surface area contributed by atoms with Gasteiger partial charge in [0, 0.05) is 5.02 Å². The summed E-state index contributed by atoms with van der Waals surface area (Å²) in [5.74, 6) is 1.20. The molecule has 1 aromatic carbocycles. The number of anilines is 1. The van der Waals surface area contributed by atoms with Gasteiger partial charge in [-0.25, -0.2) is 4.98 Å². The Labute approximate surface area is 110 Å². The van der Waals surface area contributed by atoms with E-state index in [1.165, 1.54) is 11.3 Å². The van der Waals surface area contributed by atoms with Crippen molar-refractivity contribution >= 4 is 44.7 Å². The van der Waals surface area contributed by atoms with Crippen LogP contribution in [-0.2, 0) is 0 Å². The predicted octanol–water partition coefficient (Wildman–Crippen LogP) is 3.82. The SMILES string of the molecule is COc1ccc(Cl)cc1-c1nc(N)c(Br)s1. The summed E-state index contributed by atoms with van der Waals surface area (Å²) in [6.07, 6.45) is 0. The number of nitrogens with zero attached hydrogens (tertiary/aromatic N) is 1. The number of thiazole rings is 1. The number of methoxy groups -OCH3 is 1. The standard InChI is InChI=1S/C10H8BrClN2OS/c1-15-7-3-2-5(12)4-6(7)10-14-9(13)8(11)16-10/h2-4H,13H2,1H3. The van der Waals surface area contributed by atoms with Crippen molar-refractivity contribution in [2.75, 3.05) is 12.8 Å². The summed E-state index contributed by atoms with van der Waals surface area (Å²) < 4.78 is 6.07. The second-order valence-corrected chi connectivity index (χ2v) is 5.78. The van der Waals surface area contributed by atoms with Crippen molar-refractivity contribution in [3.05, 3.63) is 27.0 Å². The van der Waals surface area contributed by atoms with Gasteiger partial charge >= 0.3 is 0 Å².